The van der Waals surface area contributed by atoms with E-state index in [0.29, 0.717) is 33.0 Å². The van der Waals surface area contributed by atoms with E-state index < -0.39 is 0 Å². The zero-order valence-electron chi connectivity index (χ0n) is 14.7. The predicted octanol–water partition coefficient (Wildman–Crippen LogP) is 6.28. The number of hydrogen-bond acceptors (Lipinski definition) is 3. The summed E-state index contributed by atoms with van der Waals surface area (Å²) in [6, 6.07) is 19.9. The lowest BCUT2D eigenvalue weighted by Gasteiger charge is -2.12. The molecule has 0 aromatic heterocycles. The van der Waals surface area contributed by atoms with Crippen LogP contribution in [0.5, 0.6) is 5.75 Å². The van der Waals surface area contributed by atoms with Crippen molar-refractivity contribution in [2.24, 2.45) is 0 Å². The Balaban J connectivity index is 1.54. The molecular weight excluding hydrogens is 419 g/mol. The van der Waals surface area contributed by atoms with E-state index in [2.05, 4.69) is 10.6 Å². The molecule has 144 valence electrons. The van der Waals surface area contributed by atoms with Gasteiger partial charge in [-0.25, -0.2) is 0 Å². The lowest BCUT2D eigenvalue weighted by atomic mass is 10.2. The average Bonchev–Trinajstić information content (AvgIpc) is 2.68. The first-order valence-corrected chi connectivity index (χ1v) is 9.60. The van der Waals surface area contributed by atoms with Gasteiger partial charge in [-0.2, -0.15) is 0 Å². The van der Waals surface area contributed by atoms with Gasteiger partial charge in [0.25, 0.3) is 5.91 Å². The molecule has 0 fully saturated rings. The maximum absolute atomic E-state index is 12.0. The number of benzene rings is 3. The molecule has 0 radical (unpaired) electrons. The van der Waals surface area contributed by atoms with Crippen LogP contribution in [0, 0.1) is 0 Å². The summed E-state index contributed by atoms with van der Waals surface area (Å²) >= 11 is 18.4. The summed E-state index contributed by atoms with van der Waals surface area (Å²) in [6.07, 6.45) is 0. The Kier molecular flexibility index (Phi) is 7.04. The van der Waals surface area contributed by atoms with E-state index in [1.165, 1.54) is 0 Å². The summed E-state index contributed by atoms with van der Waals surface area (Å²) < 4.78 is 5.52. The molecule has 28 heavy (non-hydrogen) atoms. The van der Waals surface area contributed by atoms with Crippen LogP contribution in [-0.4, -0.2) is 12.5 Å². The number of rotatable bonds is 7. The molecule has 0 aliphatic heterocycles. The van der Waals surface area contributed by atoms with Crippen LogP contribution in [0.2, 0.25) is 15.1 Å². The van der Waals surface area contributed by atoms with Gasteiger partial charge in [-0.1, -0.05) is 65.1 Å². The largest absolute Gasteiger partial charge is 0.482 e. The van der Waals surface area contributed by atoms with Gasteiger partial charge in [0.2, 0.25) is 0 Å². The van der Waals surface area contributed by atoms with Gasteiger partial charge in [-0.3, -0.25) is 4.79 Å². The van der Waals surface area contributed by atoms with Crippen molar-refractivity contribution >= 4 is 52.1 Å². The molecular formula is C21H17Cl3N2O2. The molecule has 0 aliphatic carbocycles. The van der Waals surface area contributed by atoms with Crippen molar-refractivity contribution in [2.45, 2.75) is 6.54 Å². The maximum Gasteiger partial charge on any atom is 0.262 e. The Morgan fingerprint density at radius 2 is 1.46 bits per heavy atom. The molecule has 3 aromatic carbocycles. The van der Waals surface area contributed by atoms with Gasteiger partial charge < -0.3 is 15.4 Å². The summed E-state index contributed by atoms with van der Waals surface area (Å²) in [6.45, 7) is 0.374. The van der Waals surface area contributed by atoms with Crippen molar-refractivity contribution < 1.29 is 9.53 Å². The van der Waals surface area contributed by atoms with E-state index in [1.807, 2.05) is 30.3 Å². The molecule has 0 heterocycles. The van der Waals surface area contributed by atoms with Crippen molar-refractivity contribution in [1.29, 1.82) is 0 Å². The highest BCUT2D eigenvalue weighted by molar-refractivity contribution is 6.34. The number of halogens is 3. The molecule has 3 rings (SSSR count). The fourth-order valence-electron chi connectivity index (χ4n) is 2.47. The van der Waals surface area contributed by atoms with Crippen LogP contribution in [0.4, 0.5) is 11.4 Å². The second-order valence-corrected chi connectivity index (χ2v) is 7.14. The number of anilines is 2. The maximum atomic E-state index is 12.0. The molecule has 0 spiro atoms. The fraction of sp³-hybridized carbons (Fsp3) is 0.0952. The molecule has 0 saturated carbocycles. The molecule has 7 heteroatoms. The fourth-order valence-corrected chi connectivity index (χ4v) is 3.11. The molecule has 4 nitrogen and oxygen atoms in total. The zero-order chi connectivity index (χ0) is 19.9. The Bertz CT molecular complexity index is 979. The highest BCUT2D eigenvalue weighted by atomic mass is 35.5. The van der Waals surface area contributed by atoms with E-state index >= 15 is 0 Å². The van der Waals surface area contributed by atoms with E-state index in [9.17, 15) is 4.79 Å². The summed E-state index contributed by atoms with van der Waals surface area (Å²) in [4.78, 5) is 12.0. The number of para-hydroxylation sites is 2. The van der Waals surface area contributed by atoms with Crippen LogP contribution in [0.1, 0.15) is 5.56 Å². The topological polar surface area (TPSA) is 50.4 Å². The molecule has 2 N–H and O–H groups in total. The predicted molar refractivity (Wildman–Crippen MR) is 116 cm³/mol. The standard InChI is InChI=1S/C21H17Cl3N2O2/c22-15-5-1-3-7-18(15)25-12-14-9-10-20(17(24)11-14)28-13-21(27)26-19-8-4-2-6-16(19)23/h1-11,25H,12-13H2,(H,26,27). The lowest BCUT2D eigenvalue weighted by Crippen LogP contribution is -2.20. The van der Waals surface area contributed by atoms with Gasteiger partial charge in [0.05, 0.1) is 26.4 Å². The molecule has 0 saturated heterocycles. The van der Waals surface area contributed by atoms with Crippen molar-refractivity contribution in [2.75, 3.05) is 17.2 Å². The summed E-state index contributed by atoms with van der Waals surface area (Å²) in [5.41, 5.74) is 2.33. The third-order valence-electron chi connectivity index (χ3n) is 3.86. The van der Waals surface area contributed by atoms with E-state index in [0.717, 1.165) is 11.3 Å². The number of carbonyl (C=O) groups is 1. The first-order valence-electron chi connectivity index (χ1n) is 8.47. The molecule has 1 amide bonds. The van der Waals surface area contributed by atoms with Crippen LogP contribution in [0.3, 0.4) is 0 Å². The van der Waals surface area contributed by atoms with Crippen molar-refractivity contribution in [3.05, 3.63) is 87.4 Å². The molecule has 0 unspecified atom stereocenters. The third-order valence-corrected chi connectivity index (χ3v) is 4.81. The van der Waals surface area contributed by atoms with Gasteiger partial charge in [0.15, 0.2) is 6.61 Å². The normalized spacial score (nSPS) is 10.4. The minimum Gasteiger partial charge on any atom is -0.482 e. The highest BCUT2D eigenvalue weighted by Gasteiger charge is 2.09. The Morgan fingerprint density at radius 1 is 0.821 bits per heavy atom. The third kappa shape index (κ3) is 5.55. The minimum absolute atomic E-state index is 0.178. The zero-order valence-corrected chi connectivity index (χ0v) is 17.0. The molecule has 3 aromatic rings. The van der Waals surface area contributed by atoms with Gasteiger partial charge in [-0.15, -0.1) is 0 Å². The monoisotopic (exact) mass is 434 g/mol. The van der Waals surface area contributed by atoms with Crippen molar-refractivity contribution in [1.82, 2.24) is 0 Å². The number of ether oxygens (including phenoxy) is 1. The molecule has 0 aliphatic rings. The van der Waals surface area contributed by atoms with Crippen LogP contribution >= 0.6 is 34.8 Å². The lowest BCUT2D eigenvalue weighted by molar-refractivity contribution is -0.118. The second-order valence-electron chi connectivity index (χ2n) is 5.91. The van der Waals surface area contributed by atoms with Gasteiger partial charge in [0.1, 0.15) is 5.75 Å². The Hall–Kier alpha value is -2.40. The van der Waals surface area contributed by atoms with Crippen molar-refractivity contribution in [3.8, 4) is 5.75 Å². The Morgan fingerprint density at radius 3 is 2.11 bits per heavy atom. The van der Waals surface area contributed by atoms with E-state index in [4.69, 9.17) is 39.5 Å². The van der Waals surface area contributed by atoms with Gasteiger partial charge in [-0.05, 0) is 42.0 Å². The molecule has 0 bridgehead atoms. The van der Waals surface area contributed by atoms with Crippen molar-refractivity contribution in [3.63, 3.8) is 0 Å². The first-order chi connectivity index (χ1) is 13.5. The minimum atomic E-state index is -0.325. The SMILES string of the molecule is O=C(COc1ccc(CNc2ccccc2Cl)cc1Cl)Nc1ccccc1Cl. The summed E-state index contributed by atoms with van der Waals surface area (Å²) in [5.74, 6) is 0.103. The first kappa shape index (κ1) is 20.3. The number of carbonyl (C=O) groups excluding carboxylic acids is 1. The number of amides is 1. The summed E-state index contributed by atoms with van der Waals surface area (Å²) in [5, 5.41) is 7.48. The number of nitrogens with one attached hydrogen (secondary N) is 2. The highest BCUT2D eigenvalue weighted by Crippen LogP contribution is 2.27. The Labute approximate surface area is 178 Å². The van der Waals surface area contributed by atoms with Gasteiger partial charge >= 0.3 is 0 Å². The van der Waals surface area contributed by atoms with E-state index in [1.54, 1.807) is 36.4 Å². The van der Waals surface area contributed by atoms with Crippen LogP contribution in [0.25, 0.3) is 0 Å². The second kappa shape index (κ2) is 9.69. The van der Waals surface area contributed by atoms with Gasteiger partial charge in [0, 0.05) is 6.54 Å². The van der Waals surface area contributed by atoms with Crippen LogP contribution in [0.15, 0.2) is 66.7 Å². The summed E-state index contributed by atoms with van der Waals surface area (Å²) in [7, 11) is 0. The number of hydrogen-bond donors (Lipinski definition) is 2. The average molecular weight is 436 g/mol. The molecule has 0 atom stereocenters. The quantitative estimate of drug-likeness (QED) is 0.459. The van der Waals surface area contributed by atoms with Crippen LogP contribution in [-0.2, 0) is 11.3 Å². The smallest absolute Gasteiger partial charge is 0.262 e. The van der Waals surface area contributed by atoms with E-state index in [-0.39, 0.29) is 12.5 Å². The van der Waals surface area contributed by atoms with Crippen LogP contribution < -0.4 is 15.4 Å².